The monoisotopic (exact) mass is 290 g/mol. The van der Waals surface area contributed by atoms with Crippen molar-refractivity contribution >= 4 is 5.71 Å². The smallest absolute Gasteiger partial charge is 0.139 e. The van der Waals surface area contributed by atoms with Gasteiger partial charge in [0.05, 0.1) is 5.71 Å². The van der Waals surface area contributed by atoms with Gasteiger partial charge in [-0.05, 0) is 56.5 Å². The van der Waals surface area contributed by atoms with Crippen molar-refractivity contribution in [2.75, 3.05) is 13.1 Å². The van der Waals surface area contributed by atoms with Crippen LogP contribution >= 0.6 is 0 Å². The fourth-order valence-electron chi connectivity index (χ4n) is 2.30. The maximum absolute atomic E-state index is 13.3. The second-order valence-electron chi connectivity index (χ2n) is 5.47. The van der Waals surface area contributed by atoms with Gasteiger partial charge < -0.3 is 5.41 Å². The van der Waals surface area contributed by atoms with Crippen molar-refractivity contribution < 1.29 is 4.39 Å². The summed E-state index contributed by atoms with van der Waals surface area (Å²) < 4.78 is 13.3. The lowest BCUT2D eigenvalue weighted by atomic mass is 10.1. The Bertz CT molecular complexity index is 457. The minimum atomic E-state index is -0.434. The fraction of sp³-hybridized carbons (Fsp3) is 0.500. The molecule has 0 unspecified atom stereocenters. The molecule has 2 nitrogen and oxygen atoms in total. The van der Waals surface area contributed by atoms with Crippen LogP contribution in [-0.4, -0.2) is 23.7 Å². The van der Waals surface area contributed by atoms with Crippen molar-refractivity contribution in [3.63, 3.8) is 0 Å². The number of benzene rings is 1. The zero-order chi connectivity index (χ0) is 15.7. The summed E-state index contributed by atoms with van der Waals surface area (Å²) in [7, 11) is 0. The highest BCUT2D eigenvalue weighted by Gasteiger charge is 2.04. The summed E-state index contributed by atoms with van der Waals surface area (Å²) in [5.74, 6) is -0.434. The van der Waals surface area contributed by atoms with Gasteiger partial charge >= 0.3 is 0 Å². The van der Waals surface area contributed by atoms with Crippen LogP contribution in [0.25, 0.3) is 0 Å². The number of nitrogens with one attached hydrogen (secondary N) is 1. The van der Waals surface area contributed by atoms with Crippen LogP contribution in [0.4, 0.5) is 4.39 Å². The summed E-state index contributed by atoms with van der Waals surface area (Å²) in [6.45, 7) is 9.11. The first kappa shape index (κ1) is 17.6. The molecule has 0 aliphatic carbocycles. The van der Waals surface area contributed by atoms with E-state index in [9.17, 15) is 4.39 Å². The number of nitrogens with zero attached hydrogens (tertiary/aromatic N) is 1. The van der Waals surface area contributed by atoms with Crippen LogP contribution in [0.2, 0.25) is 0 Å². The van der Waals surface area contributed by atoms with Gasteiger partial charge in [0.2, 0.25) is 0 Å². The van der Waals surface area contributed by atoms with Gasteiger partial charge in [-0.2, -0.15) is 0 Å². The first-order chi connectivity index (χ1) is 10.1. The van der Waals surface area contributed by atoms with E-state index in [1.54, 1.807) is 0 Å². The summed E-state index contributed by atoms with van der Waals surface area (Å²) in [6, 6.07) is 8.34. The standard InChI is InChI=1S/C18H27FN2/c1-4-12-21(13-5-2)14-17-8-6-16(7-9-17)10-11-18(19)15(3)20/h6-9,11,20H,4-5,10,12-14H2,1-3H3/b18-11+,20-15?. The van der Waals surface area contributed by atoms with Crippen LogP contribution in [0.5, 0.6) is 0 Å². The second-order valence-corrected chi connectivity index (χ2v) is 5.47. The molecule has 0 saturated carbocycles. The van der Waals surface area contributed by atoms with Gasteiger partial charge in [-0.15, -0.1) is 0 Å². The maximum Gasteiger partial charge on any atom is 0.139 e. The quantitative estimate of drug-likeness (QED) is 0.653. The number of halogens is 1. The van der Waals surface area contributed by atoms with Gasteiger partial charge in [-0.25, -0.2) is 4.39 Å². The molecule has 1 N–H and O–H groups in total. The highest BCUT2D eigenvalue weighted by atomic mass is 19.1. The topological polar surface area (TPSA) is 27.1 Å². The highest BCUT2D eigenvalue weighted by molar-refractivity contribution is 5.93. The summed E-state index contributed by atoms with van der Waals surface area (Å²) in [4.78, 5) is 2.47. The molecule has 1 aromatic carbocycles. The molecule has 1 rings (SSSR count). The third-order valence-electron chi connectivity index (χ3n) is 3.38. The zero-order valence-corrected chi connectivity index (χ0v) is 13.5. The number of hydrogen-bond acceptors (Lipinski definition) is 2. The van der Waals surface area contributed by atoms with Crippen LogP contribution in [-0.2, 0) is 13.0 Å². The van der Waals surface area contributed by atoms with Gasteiger partial charge in [0.15, 0.2) is 0 Å². The van der Waals surface area contributed by atoms with E-state index in [1.165, 1.54) is 31.4 Å². The number of hydrogen-bond donors (Lipinski definition) is 1. The Labute approximate surface area is 128 Å². The zero-order valence-electron chi connectivity index (χ0n) is 13.5. The lowest BCUT2D eigenvalue weighted by Gasteiger charge is -2.21. The molecular weight excluding hydrogens is 263 g/mol. The predicted octanol–water partition coefficient (Wildman–Crippen LogP) is 4.74. The van der Waals surface area contributed by atoms with E-state index < -0.39 is 5.83 Å². The fourth-order valence-corrected chi connectivity index (χ4v) is 2.30. The Morgan fingerprint density at radius 3 is 2.10 bits per heavy atom. The summed E-state index contributed by atoms with van der Waals surface area (Å²) in [5.41, 5.74) is 2.36. The molecule has 0 spiro atoms. The normalized spacial score (nSPS) is 12.0. The van der Waals surface area contributed by atoms with E-state index >= 15 is 0 Å². The number of rotatable bonds is 9. The molecule has 0 radical (unpaired) electrons. The highest BCUT2D eigenvalue weighted by Crippen LogP contribution is 2.11. The van der Waals surface area contributed by atoms with Crippen molar-refractivity contribution in [1.29, 1.82) is 5.41 Å². The van der Waals surface area contributed by atoms with Gasteiger partial charge in [-0.3, -0.25) is 4.90 Å². The molecule has 116 valence electrons. The van der Waals surface area contributed by atoms with Crippen molar-refractivity contribution in [3.8, 4) is 0 Å². The Morgan fingerprint density at radius 1 is 1.10 bits per heavy atom. The summed E-state index contributed by atoms with van der Waals surface area (Å²) >= 11 is 0. The molecule has 21 heavy (non-hydrogen) atoms. The van der Waals surface area contributed by atoms with Gasteiger partial charge in [-0.1, -0.05) is 38.1 Å². The Kier molecular flexibility index (Phi) is 7.91. The van der Waals surface area contributed by atoms with E-state index in [4.69, 9.17) is 5.41 Å². The SMILES string of the molecule is CCCN(CCC)Cc1ccc(C/C=C(/F)C(C)=N)cc1. The van der Waals surface area contributed by atoms with Crippen LogP contribution in [0.3, 0.4) is 0 Å². The van der Waals surface area contributed by atoms with Crippen molar-refractivity contribution in [2.45, 2.75) is 46.6 Å². The predicted molar refractivity (Wildman–Crippen MR) is 88.6 cm³/mol. The van der Waals surface area contributed by atoms with Gasteiger partial charge in [0.1, 0.15) is 5.83 Å². The number of allylic oxidation sites excluding steroid dienone is 2. The average molecular weight is 290 g/mol. The van der Waals surface area contributed by atoms with E-state index in [2.05, 4.69) is 43.0 Å². The molecule has 0 bridgehead atoms. The first-order valence-corrected chi connectivity index (χ1v) is 7.78. The largest absolute Gasteiger partial charge is 0.303 e. The van der Waals surface area contributed by atoms with Crippen molar-refractivity contribution in [1.82, 2.24) is 4.90 Å². The summed E-state index contributed by atoms with van der Waals surface area (Å²) in [5, 5.41) is 7.21. The molecule has 0 aromatic heterocycles. The molecule has 3 heteroatoms. The minimum absolute atomic E-state index is 0.0126. The molecule has 1 aromatic rings. The van der Waals surface area contributed by atoms with E-state index in [-0.39, 0.29) is 5.71 Å². The van der Waals surface area contributed by atoms with Crippen LogP contribution < -0.4 is 0 Å². The van der Waals surface area contributed by atoms with Crippen LogP contribution in [0.1, 0.15) is 44.7 Å². The first-order valence-electron chi connectivity index (χ1n) is 7.78. The third-order valence-corrected chi connectivity index (χ3v) is 3.38. The van der Waals surface area contributed by atoms with E-state index in [0.29, 0.717) is 6.42 Å². The van der Waals surface area contributed by atoms with Crippen molar-refractivity contribution in [2.24, 2.45) is 0 Å². The molecule has 0 saturated heterocycles. The van der Waals surface area contributed by atoms with Gasteiger partial charge in [0, 0.05) is 6.54 Å². The molecule has 0 fully saturated rings. The van der Waals surface area contributed by atoms with E-state index in [1.807, 2.05) is 0 Å². The second kappa shape index (κ2) is 9.46. The molecule has 0 aliphatic heterocycles. The summed E-state index contributed by atoms with van der Waals surface area (Å²) in [6.07, 6.45) is 4.35. The van der Waals surface area contributed by atoms with Crippen LogP contribution in [0.15, 0.2) is 36.2 Å². The maximum atomic E-state index is 13.3. The molecule has 0 aliphatic rings. The Balaban J connectivity index is 2.60. The van der Waals surface area contributed by atoms with Gasteiger partial charge in [0.25, 0.3) is 0 Å². The molecule has 0 heterocycles. The lowest BCUT2D eigenvalue weighted by Crippen LogP contribution is -2.24. The Hall–Kier alpha value is -1.48. The third kappa shape index (κ3) is 6.67. The van der Waals surface area contributed by atoms with Crippen LogP contribution in [0, 0.1) is 5.41 Å². The van der Waals surface area contributed by atoms with E-state index in [0.717, 1.165) is 25.2 Å². The average Bonchev–Trinajstić information content (AvgIpc) is 2.46. The lowest BCUT2D eigenvalue weighted by molar-refractivity contribution is 0.266. The molecular formula is C18H27FN2. The van der Waals surface area contributed by atoms with Crippen molar-refractivity contribution in [3.05, 3.63) is 47.3 Å². The Morgan fingerprint density at radius 2 is 1.62 bits per heavy atom. The molecule has 0 atom stereocenters. The minimum Gasteiger partial charge on any atom is -0.303 e. The molecule has 0 amide bonds.